The average Bonchev–Trinajstić information content (AvgIpc) is 2.54. The fourth-order valence-corrected chi connectivity index (χ4v) is 2.16. The Morgan fingerprint density at radius 2 is 1.95 bits per heavy atom. The van der Waals surface area contributed by atoms with Crippen molar-refractivity contribution in [2.45, 2.75) is 52.1 Å². The first-order chi connectivity index (χ1) is 10.6. The number of methoxy groups -OCH3 is 2. The van der Waals surface area contributed by atoms with E-state index in [0.717, 1.165) is 32.1 Å². The largest absolute Gasteiger partial charge is 0.497 e. The summed E-state index contributed by atoms with van der Waals surface area (Å²) in [4.78, 5) is 12.0. The van der Waals surface area contributed by atoms with E-state index in [-0.39, 0.29) is 6.10 Å². The van der Waals surface area contributed by atoms with Gasteiger partial charge in [0.15, 0.2) is 0 Å². The maximum atomic E-state index is 12.0. The highest BCUT2D eigenvalue weighted by atomic mass is 16.6. The molecule has 5 nitrogen and oxygen atoms in total. The number of carbonyl (C=O) groups is 1. The van der Waals surface area contributed by atoms with Gasteiger partial charge in [0.2, 0.25) is 0 Å². The highest BCUT2D eigenvalue weighted by Crippen LogP contribution is 2.29. The second kappa shape index (κ2) is 9.92. The smallest absolute Gasteiger partial charge is 0.412 e. The number of anilines is 1. The second-order valence-electron chi connectivity index (χ2n) is 5.12. The van der Waals surface area contributed by atoms with Gasteiger partial charge in [0.25, 0.3) is 0 Å². The van der Waals surface area contributed by atoms with Crippen LogP contribution < -0.4 is 14.8 Å². The third-order valence-corrected chi connectivity index (χ3v) is 3.50. The summed E-state index contributed by atoms with van der Waals surface area (Å²) in [5, 5.41) is 2.73. The van der Waals surface area contributed by atoms with Crippen LogP contribution in [0.3, 0.4) is 0 Å². The van der Waals surface area contributed by atoms with Gasteiger partial charge in [-0.1, -0.05) is 26.7 Å². The SMILES string of the molecule is CCCCCC(CC)OC(=O)Nc1ccc(OC)cc1OC. The summed E-state index contributed by atoms with van der Waals surface area (Å²) in [5.74, 6) is 1.21. The van der Waals surface area contributed by atoms with Crippen molar-refractivity contribution in [3.05, 3.63) is 18.2 Å². The molecule has 0 fully saturated rings. The van der Waals surface area contributed by atoms with E-state index >= 15 is 0 Å². The lowest BCUT2D eigenvalue weighted by molar-refractivity contribution is 0.101. The fourth-order valence-electron chi connectivity index (χ4n) is 2.16. The summed E-state index contributed by atoms with van der Waals surface area (Å²) in [6.45, 7) is 4.18. The summed E-state index contributed by atoms with van der Waals surface area (Å²) in [6, 6.07) is 5.21. The Morgan fingerprint density at radius 3 is 2.55 bits per heavy atom. The van der Waals surface area contributed by atoms with E-state index in [4.69, 9.17) is 14.2 Å². The van der Waals surface area contributed by atoms with Crippen LogP contribution in [0, 0.1) is 0 Å². The molecule has 1 N–H and O–H groups in total. The van der Waals surface area contributed by atoms with Crippen molar-refractivity contribution in [2.75, 3.05) is 19.5 Å². The molecule has 0 radical (unpaired) electrons. The van der Waals surface area contributed by atoms with Crippen molar-refractivity contribution in [1.82, 2.24) is 0 Å². The van der Waals surface area contributed by atoms with Crippen LogP contribution in [0.5, 0.6) is 11.5 Å². The highest BCUT2D eigenvalue weighted by molar-refractivity contribution is 5.87. The van der Waals surface area contributed by atoms with Gasteiger partial charge in [-0.15, -0.1) is 0 Å². The van der Waals surface area contributed by atoms with E-state index in [1.807, 2.05) is 6.92 Å². The van der Waals surface area contributed by atoms with Crippen molar-refractivity contribution in [3.63, 3.8) is 0 Å². The Kier molecular flexibility index (Phi) is 8.18. The second-order valence-corrected chi connectivity index (χ2v) is 5.12. The van der Waals surface area contributed by atoms with Crippen LogP contribution in [0.25, 0.3) is 0 Å². The highest BCUT2D eigenvalue weighted by Gasteiger charge is 2.14. The molecule has 5 heteroatoms. The van der Waals surface area contributed by atoms with E-state index in [1.165, 1.54) is 0 Å². The molecule has 0 saturated carbocycles. The van der Waals surface area contributed by atoms with E-state index in [9.17, 15) is 4.79 Å². The molecule has 0 spiro atoms. The zero-order valence-electron chi connectivity index (χ0n) is 14.0. The summed E-state index contributed by atoms with van der Waals surface area (Å²) >= 11 is 0. The van der Waals surface area contributed by atoms with Crippen molar-refractivity contribution in [3.8, 4) is 11.5 Å². The number of benzene rings is 1. The third kappa shape index (κ3) is 5.84. The lowest BCUT2D eigenvalue weighted by Gasteiger charge is -2.17. The molecule has 1 aromatic rings. The Hall–Kier alpha value is -1.91. The molecule has 22 heavy (non-hydrogen) atoms. The molecular formula is C17H27NO4. The van der Waals surface area contributed by atoms with Gasteiger partial charge in [0.1, 0.15) is 17.6 Å². The van der Waals surface area contributed by atoms with Crippen molar-refractivity contribution in [1.29, 1.82) is 0 Å². The molecule has 0 aliphatic heterocycles. The van der Waals surface area contributed by atoms with Crippen molar-refractivity contribution < 1.29 is 19.0 Å². The summed E-state index contributed by atoms with van der Waals surface area (Å²) in [7, 11) is 3.13. The number of rotatable bonds is 9. The zero-order valence-corrected chi connectivity index (χ0v) is 14.0. The molecular weight excluding hydrogens is 282 g/mol. The molecule has 1 atom stereocenters. The monoisotopic (exact) mass is 309 g/mol. The zero-order chi connectivity index (χ0) is 16.4. The Bertz CT molecular complexity index is 462. The van der Waals surface area contributed by atoms with Crippen LogP contribution in [-0.2, 0) is 4.74 Å². The van der Waals surface area contributed by atoms with E-state index in [0.29, 0.717) is 17.2 Å². The number of unbranched alkanes of at least 4 members (excludes halogenated alkanes) is 2. The lowest BCUT2D eigenvalue weighted by atomic mass is 10.1. The minimum Gasteiger partial charge on any atom is -0.497 e. The first-order valence-electron chi connectivity index (χ1n) is 7.84. The normalized spacial score (nSPS) is 11.6. The van der Waals surface area contributed by atoms with Gasteiger partial charge in [-0.3, -0.25) is 5.32 Å². The Labute approximate surface area is 132 Å². The van der Waals surface area contributed by atoms with Crippen LogP contribution >= 0.6 is 0 Å². The minimum absolute atomic E-state index is 0.0456. The molecule has 0 aliphatic rings. The van der Waals surface area contributed by atoms with Gasteiger partial charge < -0.3 is 14.2 Å². The minimum atomic E-state index is -0.452. The maximum absolute atomic E-state index is 12.0. The molecule has 1 rings (SSSR count). The molecule has 0 aromatic heterocycles. The molecule has 1 aromatic carbocycles. The molecule has 1 unspecified atom stereocenters. The number of hydrogen-bond donors (Lipinski definition) is 1. The van der Waals surface area contributed by atoms with E-state index in [2.05, 4.69) is 12.2 Å². The number of hydrogen-bond acceptors (Lipinski definition) is 4. The van der Waals surface area contributed by atoms with Crippen LogP contribution in [0.15, 0.2) is 18.2 Å². The van der Waals surface area contributed by atoms with E-state index < -0.39 is 6.09 Å². The van der Waals surface area contributed by atoms with Crippen LogP contribution in [0.4, 0.5) is 10.5 Å². The molecule has 124 valence electrons. The maximum Gasteiger partial charge on any atom is 0.412 e. The molecule has 0 bridgehead atoms. The van der Waals surface area contributed by atoms with Gasteiger partial charge in [-0.2, -0.15) is 0 Å². The number of ether oxygens (including phenoxy) is 3. The van der Waals surface area contributed by atoms with Crippen molar-refractivity contribution in [2.24, 2.45) is 0 Å². The van der Waals surface area contributed by atoms with Gasteiger partial charge in [-0.05, 0) is 31.4 Å². The van der Waals surface area contributed by atoms with Gasteiger partial charge >= 0.3 is 6.09 Å². The molecule has 0 heterocycles. The Morgan fingerprint density at radius 1 is 1.18 bits per heavy atom. The van der Waals surface area contributed by atoms with Crippen LogP contribution in [0.1, 0.15) is 46.0 Å². The first-order valence-corrected chi connectivity index (χ1v) is 7.84. The van der Waals surface area contributed by atoms with Gasteiger partial charge in [0, 0.05) is 6.07 Å². The third-order valence-electron chi connectivity index (χ3n) is 3.50. The quantitative estimate of drug-likeness (QED) is 0.677. The lowest BCUT2D eigenvalue weighted by Crippen LogP contribution is -2.22. The van der Waals surface area contributed by atoms with Gasteiger partial charge in [0.05, 0.1) is 19.9 Å². The van der Waals surface area contributed by atoms with Crippen molar-refractivity contribution >= 4 is 11.8 Å². The molecule has 0 saturated heterocycles. The van der Waals surface area contributed by atoms with Crippen LogP contribution in [-0.4, -0.2) is 26.4 Å². The number of amides is 1. The van der Waals surface area contributed by atoms with E-state index in [1.54, 1.807) is 32.4 Å². The predicted octanol–water partition coefficient (Wildman–Crippen LogP) is 4.61. The number of carbonyl (C=O) groups excluding carboxylic acids is 1. The standard InChI is InChI=1S/C17H27NO4/c1-5-7-8-9-13(6-2)22-17(19)18-15-11-10-14(20-3)12-16(15)21-4/h10-13H,5-9H2,1-4H3,(H,18,19). The van der Waals surface area contributed by atoms with Gasteiger partial charge in [-0.25, -0.2) is 4.79 Å². The summed E-state index contributed by atoms with van der Waals surface area (Å²) in [6.07, 6.45) is 4.62. The predicted molar refractivity (Wildman–Crippen MR) is 87.9 cm³/mol. The molecule has 1 amide bonds. The topological polar surface area (TPSA) is 56.8 Å². The average molecular weight is 309 g/mol. The first kappa shape index (κ1) is 18.1. The molecule has 0 aliphatic carbocycles. The fraction of sp³-hybridized carbons (Fsp3) is 0.588. The summed E-state index contributed by atoms with van der Waals surface area (Å²) < 4.78 is 15.8. The van der Waals surface area contributed by atoms with Crippen LogP contribution in [0.2, 0.25) is 0 Å². The number of nitrogens with one attached hydrogen (secondary N) is 1. The Balaban J connectivity index is 2.60. The summed E-state index contributed by atoms with van der Waals surface area (Å²) in [5.41, 5.74) is 0.566.